The van der Waals surface area contributed by atoms with E-state index in [0.29, 0.717) is 11.1 Å². The van der Waals surface area contributed by atoms with E-state index >= 15 is 0 Å². The molecule has 2 aromatic carbocycles. The number of nitro groups is 1. The minimum atomic E-state index is -0.415. The summed E-state index contributed by atoms with van der Waals surface area (Å²) in [5.74, 6) is -0.117. The highest BCUT2D eigenvalue weighted by Crippen LogP contribution is 2.27. The van der Waals surface area contributed by atoms with Crippen molar-refractivity contribution in [3.05, 3.63) is 69.3 Å². The maximum Gasteiger partial charge on any atom is 0.274 e. The molecule has 0 atom stereocenters. The predicted molar refractivity (Wildman–Crippen MR) is 99.4 cm³/mol. The Kier molecular flexibility index (Phi) is 5.98. The fraction of sp³-hybridized carbons (Fsp3) is 0.278. The van der Waals surface area contributed by atoms with Crippen molar-refractivity contribution in [1.82, 2.24) is 4.90 Å². The minimum Gasteiger partial charge on any atom is -0.385 e. The van der Waals surface area contributed by atoms with Crippen LogP contribution in [0.15, 0.2) is 42.5 Å². The summed E-state index contributed by atoms with van der Waals surface area (Å²) < 4.78 is 0. The summed E-state index contributed by atoms with van der Waals surface area (Å²) in [6.07, 6.45) is 1.86. The topological polar surface area (TPSA) is 75.5 Å². The number of fused-ring (bicyclic) bond motifs is 1. The van der Waals surface area contributed by atoms with E-state index in [4.69, 9.17) is 0 Å². The molecule has 0 bridgehead atoms. The quantitative estimate of drug-likeness (QED) is 0.666. The van der Waals surface area contributed by atoms with Crippen molar-refractivity contribution in [3.8, 4) is 0 Å². The van der Waals surface area contributed by atoms with Gasteiger partial charge in [0.25, 0.3) is 11.6 Å². The van der Waals surface area contributed by atoms with E-state index in [1.807, 2.05) is 18.2 Å². The Morgan fingerprint density at radius 2 is 2.00 bits per heavy atom. The standard InChI is InChI=1S/C18H19N3O3.ClH/c1-20(12-13-6-2-3-10-17(13)21(23)24)18(22)15-7-4-9-16-14(15)8-5-11-19-16;/h2-4,6-7,9-10,19H,5,8,11-12H2,1H3;1H. The number of halogens is 1. The summed E-state index contributed by atoms with van der Waals surface area (Å²) in [5.41, 5.74) is 3.27. The monoisotopic (exact) mass is 361 g/mol. The van der Waals surface area contributed by atoms with E-state index in [-0.39, 0.29) is 30.5 Å². The van der Waals surface area contributed by atoms with Gasteiger partial charge in [-0.05, 0) is 30.5 Å². The molecule has 25 heavy (non-hydrogen) atoms. The largest absolute Gasteiger partial charge is 0.385 e. The average molecular weight is 362 g/mol. The maximum atomic E-state index is 12.8. The predicted octanol–water partition coefficient (Wildman–Crippen LogP) is 3.65. The third-order valence-corrected chi connectivity index (χ3v) is 4.27. The van der Waals surface area contributed by atoms with Crippen LogP contribution in [-0.4, -0.2) is 29.3 Å². The lowest BCUT2D eigenvalue weighted by Crippen LogP contribution is -2.28. The van der Waals surface area contributed by atoms with Crippen molar-refractivity contribution in [2.75, 3.05) is 18.9 Å². The van der Waals surface area contributed by atoms with Crippen LogP contribution < -0.4 is 5.32 Å². The first-order valence-electron chi connectivity index (χ1n) is 7.91. The number of nitrogens with zero attached hydrogens (tertiary/aromatic N) is 2. The zero-order chi connectivity index (χ0) is 17.1. The van der Waals surface area contributed by atoms with Crippen molar-refractivity contribution in [1.29, 1.82) is 0 Å². The summed E-state index contributed by atoms with van der Waals surface area (Å²) in [5, 5.41) is 14.4. The molecule has 1 amide bonds. The molecule has 2 aromatic rings. The zero-order valence-corrected chi connectivity index (χ0v) is 14.7. The molecule has 7 heteroatoms. The number of carbonyl (C=O) groups is 1. The van der Waals surface area contributed by atoms with Gasteiger partial charge in [0.15, 0.2) is 0 Å². The number of nitrogens with one attached hydrogen (secondary N) is 1. The van der Waals surface area contributed by atoms with Gasteiger partial charge in [-0.2, -0.15) is 0 Å². The minimum absolute atomic E-state index is 0. The molecule has 0 saturated carbocycles. The van der Waals surface area contributed by atoms with Gasteiger partial charge in [-0.1, -0.05) is 24.3 Å². The Balaban J connectivity index is 0.00000225. The van der Waals surface area contributed by atoms with E-state index in [9.17, 15) is 14.9 Å². The Morgan fingerprint density at radius 1 is 1.24 bits per heavy atom. The number of hydrogen-bond donors (Lipinski definition) is 1. The van der Waals surface area contributed by atoms with Gasteiger partial charge < -0.3 is 10.2 Å². The second-order valence-corrected chi connectivity index (χ2v) is 5.91. The van der Waals surface area contributed by atoms with E-state index in [2.05, 4.69) is 5.32 Å². The van der Waals surface area contributed by atoms with Crippen molar-refractivity contribution in [3.63, 3.8) is 0 Å². The molecule has 0 unspecified atom stereocenters. The van der Waals surface area contributed by atoms with Gasteiger partial charge in [-0.3, -0.25) is 14.9 Å². The Morgan fingerprint density at radius 3 is 2.76 bits per heavy atom. The molecular formula is C18H20ClN3O3. The van der Waals surface area contributed by atoms with Gasteiger partial charge in [0, 0.05) is 36.5 Å². The first-order chi connectivity index (χ1) is 11.6. The third-order valence-electron chi connectivity index (χ3n) is 4.27. The van der Waals surface area contributed by atoms with Crippen LogP contribution >= 0.6 is 12.4 Å². The number of amides is 1. The number of carbonyl (C=O) groups excluding carboxylic acids is 1. The van der Waals surface area contributed by atoms with Gasteiger partial charge in [-0.15, -0.1) is 12.4 Å². The Hall–Kier alpha value is -2.60. The summed E-state index contributed by atoms with van der Waals surface area (Å²) in [7, 11) is 1.68. The lowest BCUT2D eigenvalue weighted by Gasteiger charge is -2.23. The van der Waals surface area contributed by atoms with E-state index in [1.165, 1.54) is 11.0 Å². The molecule has 1 heterocycles. The van der Waals surface area contributed by atoms with Crippen LogP contribution in [0.1, 0.15) is 27.9 Å². The Labute approximate surface area is 152 Å². The second-order valence-electron chi connectivity index (χ2n) is 5.91. The molecule has 132 valence electrons. The first-order valence-corrected chi connectivity index (χ1v) is 7.91. The molecule has 1 aliphatic heterocycles. The molecule has 0 radical (unpaired) electrons. The highest BCUT2D eigenvalue weighted by molar-refractivity contribution is 5.97. The van der Waals surface area contributed by atoms with Gasteiger partial charge in [0.2, 0.25) is 0 Å². The molecule has 0 saturated heterocycles. The second kappa shape index (κ2) is 7.98. The third kappa shape index (κ3) is 3.91. The SMILES string of the molecule is CN(Cc1ccccc1[N+](=O)[O-])C(=O)c1cccc2c1CCCN2.Cl. The van der Waals surface area contributed by atoms with Crippen LogP contribution in [-0.2, 0) is 13.0 Å². The zero-order valence-electron chi connectivity index (χ0n) is 13.9. The molecule has 1 N–H and O–H groups in total. The number of benzene rings is 2. The fourth-order valence-corrected chi connectivity index (χ4v) is 3.07. The van der Waals surface area contributed by atoms with Gasteiger partial charge in [0.1, 0.15) is 0 Å². The van der Waals surface area contributed by atoms with Crippen molar-refractivity contribution >= 4 is 29.7 Å². The number of nitro benzene ring substituents is 1. The molecule has 1 aliphatic rings. The van der Waals surface area contributed by atoms with Crippen LogP contribution in [0.2, 0.25) is 0 Å². The maximum absolute atomic E-state index is 12.8. The smallest absolute Gasteiger partial charge is 0.274 e. The van der Waals surface area contributed by atoms with Crippen LogP contribution in [0.5, 0.6) is 0 Å². The first kappa shape index (κ1) is 18.7. The number of para-hydroxylation sites is 1. The fourth-order valence-electron chi connectivity index (χ4n) is 3.07. The van der Waals surface area contributed by atoms with E-state index in [1.54, 1.807) is 25.2 Å². The van der Waals surface area contributed by atoms with Crippen molar-refractivity contribution < 1.29 is 9.72 Å². The summed E-state index contributed by atoms with van der Waals surface area (Å²) in [6.45, 7) is 1.11. The van der Waals surface area contributed by atoms with Crippen molar-refractivity contribution in [2.45, 2.75) is 19.4 Å². The summed E-state index contributed by atoms with van der Waals surface area (Å²) in [4.78, 5) is 25.1. The molecular weight excluding hydrogens is 342 g/mol. The van der Waals surface area contributed by atoms with Crippen LogP contribution in [0, 0.1) is 10.1 Å². The molecule has 6 nitrogen and oxygen atoms in total. The van der Waals surface area contributed by atoms with Gasteiger partial charge in [0.05, 0.1) is 11.5 Å². The number of hydrogen-bond acceptors (Lipinski definition) is 4. The van der Waals surface area contributed by atoms with Crippen LogP contribution in [0.25, 0.3) is 0 Å². The summed E-state index contributed by atoms with van der Waals surface area (Å²) in [6, 6.07) is 12.2. The summed E-state index contributed by atoms with van der Waals surface area (Å²) >= 11 is 0. The molecule has 0 aliphatic carbocycles. The van der Waals surface area contributed by atoms with Gasteiger partial charge in [-0.25, -0.2) is 0 Å². The van der Waals surface area contributed by atoms with Crippen LogP contribution in [0.4, 0.5) is 11.4 Å². The molecule has 0 aromatic heterocycles. The molecule has 3 rings (SSSR count). The molecule has 0 spiro atoms. The van der Waals surface area contributed by atoms with Crippen molar-refractivity contribution in [2.24, 2.45) is 0 Å². The number of rotatable bonds is 4. The van der Waals surface area contributed by atoms with E-state index < -0.39 is 4.92 Å². The number of anilines is 1. The lowest BCUT2D eigenvalue weighted by molar-refractivity contribution is -0.385. The Bertz CT molecular complexity index is 795. The van der Waals surface area contributed by atoms with Gasteiger partial charge >= 0.3 is 0 Å². The normalized spacial score (nSPS) is 12.4. The lowest BCUT2D eigenvalue weighted by atomic mass is 9.97. The highest BCUT2D eigenvalue weighted by Gasteiger charge is 2.22. The molecule has 0 fully saturated rings. The van der Waals surface area contributed by atoms with E-state index in [0.717, 1.165) is 30.6 Å². The van der Waals surface area contributed by atoms with Crippen LogP contribution in [0.3, 0.4) is 0 Å². The highest BCUT2D eigenvalue weighted by atomic mass is 35.5. The average Bonchev–Trinajstić information content (AvgIpc) is 2.61.